The topological polar surface area (TPSA) is 29.3 Å². The van der Waals surface area contributed by atoms with Crippen LogP contribution < -0.4 is 5.73 Å². The Morgan fingerprint density at radius 3 is 2.71 bits per heavy atom. The van der Waals surface area contributed by atoms with Gasteiger partial charge in [-0.1, -0.05) is 33.0 Å². The van der Waals surface area contributed by atoms with E-state index in [1.54, 1.807) is 0 Å². The van der Waals surface area contributed by atoms with Gasteiger partial charge in [0.25, 0.3) is 0 Å². The van der Waals surface area contributed by atoms with Gasteiger partial charge in [-0.05, 0) is 25.3 Å². The largest absolute Gasteiger partial charge is 0.393 e. The van der Waals surface area contributed by atoms with Crippen LogP contribution in [0.3, 0.4) is 0 Å². The molecule has 1 aliphatic rings. The zero-order valence-electron chi connectivity index (χ0n) is 9.55. The van der Waals surface area contributed by atoms with Crippen molar-refractivity contribution in [2.45, 2.75) is 33.6 Å². The molecule has 0 aromatic heterocycles. The van der Waals surface area contributed by atoms with Gasteiger partial charge < -0.3 is 10.6 Å². The molecule has 2 N–H and O–H groups in total. The van der Waals surface area contributed by atoms with Crippen molar-refractivity contribution < 1.29 is 0 Å². The summed E-state index contributed by atoms with van der Waals surface area (Å²) in [6.07, 6.45) is 2.68. The van der Waals surface area contributed by atoms with Gasteiger partial charge in [0, 0.05) is 18.5 Å². The minimum Gasteiger partial charge on any atom is -0.393 e. The number of hydrogen-bond donors (Lipinski definition) is 1. The molecule has 0 aromatic carbocycles. The Bertz CT molecular complexity index is 213. The van der Waals surface area contributed by atoms with Gasteiger partial charge in [0.05, 0.1) is 4.99 Å². The van der Waals surface area contributed by atoms with E-state index in [2.05, 4.69) is 25.7 Å². The van der Waals surface area contributed by atoms with Crippen LogP contribution in [-0.2, 0) is 0 Å². The van der Waals surface area contributed by atoms with E-state index >= 15 is 0 Å². The third-order valence-corrected chi connectivity index (χ3v) is 3.58. The van der Waals surface area contributed by atoms with Crippen molar-refractivity contribution in [3.8, 4) is 0 Å². The van der Waals surface area contributed by atoms with Crippen LogP contribution >= 0.6 is 12.2 Å². The number of hydrogen-bond acceptors (Lipinski definition) is 2. The smallest absolute Gasteiger partial charge is 0.0797 e. The molecule has 1 fully saturated rings. The molecular weight excluding hydrogens is 192 g/mol. The number of nitrogens with two attached hydrogens (primary N) is 1. The standard InChI is InChI=1S/C11H22N2S/c1-9-5-4-6-13(7-9)8-11(2,3)10(12)14/h9H,4-8H2,1-3H3,(H2,12,14). The average molecular weight is 214 g/mol. The zero-order valence-corrected chi connectivity index (χ0v) is 10.4. The van der Waals surface area contributed by atoms with Crippen LogP contribution in [0, 0.1) is 11.3 Å². The summed E-state index contributed by atoms with van der Waals surface area (Å²) in [5.41, 5.74) is 5.71. The summed E-state index contributed by atoms with van der Waals surface area (Å²) in [7, 11) is 0. The Hall–Kier alpha value is -0.150. The SMILES string of the molecule is CC1CCCN(CC(C)(C)C(N)=S)C1. The summed E-state index contributed by atoms with van der Waals surface area (Å²) in [4.78, 5) is 3.13. The van der Waals surface area contributed by atoms with Crippen LogP contribution in [0.15, 0.2) is 0 Å². The fourth-order valence-corrected chi connectivity index (χ4v) is 2.13. The summed E-state index contributed by atoms with van der Waals surface area (Å²) in [5, 5.41) is 0. The highest BCUT2D eigenvalue weighted by molar-refractivity contribution is 7.80. The molecule has 0 amide bonds. The molecule has 0 saturated carbocycles. The predicted octanol–water partition coefficient (Wildman–Crippen LogP) is 2.03. The van der Waals surface area contributed by atoms with E-state index in [9.17, 15) is 0 Å². The number of piperidine rings is 1. The van der Waals surface area contributed by atoms with E-state index in [1.165, 1.54) is 25.9 Å². The molecule has 0 spiro atoms. The van der Waals surface area contributed by atoms with Gasteiger partial charge in [-0.2, -0.15) is 0 Å². The molecule has 1 atom stereocenters. The van der Waals surface area contributed by atoms with Crippen LogP contribution in [0.5, 0.6) is 0 Å². The maximum absolute atomic E-state index is 5.73. The molecule has 1 rings (SSSR count). The van der Waals surface area contributed by atoms with Crippen LogP contribution in [0.1, 0.15) is 33.6 Å². The van der Waals surface area contributed by atoms with Crippen LogP contribution in [0.25, 0.3) is 0 Å². The van der Waals surface area contributed by atoms with Crippen molar-refractivity contribution in [1.82, 2.24) is 4.90 Å². The highest BCUT2D eigenvalue weighted by atomic mass is 32.1. The lowest BCUT2D eigenvalue weighted by Crippen LogP contribution is -2.45. The summed E-state index contributed by atoms with van der Waals surface area (Å²) in [6, 6.07) is 0. The van der Waals surface area contributed by atoms with Crippen LogP contribution in [-0.4, -0.2) is 29.5 Å². The molecule has 0 aromatic rings. The molecule has 1 unspecified atom stereocenters. The Morgan fingerprint density at radius 1 is 1.57 bits per heavy atom. The first-order valence-electron chi connectivity index (χ1n) is 5.44. The third-order valence-electron chi connectivity index (χ3n) is 3.03. The predicted molar refractivity (Wildman–Crippen MR) is 65.4 cm³/mol. The molecule has 0 aliphatic carbocycles. The normalized spacial score (nSPS) is 24.9. The maximum Gasteiger partial charge on any atom is 0.0797 e. The summed E-state index contributed by atoms with van der Waals surface area (Å²) >= 11 is 5.08. The van der Waals surface area contributed by atoms with Gasteiger partial charge >= 0.3 is 0 Å². The minimum atomic E-state index is -0.0214. The maximum atomic E-state index is 5.73. The van der Waals surface area contributed by atoms with Gasteiger partial charge in [-0.3, -0.25) is 0 Å². The fraction of sp³-hybridized carbons (Fsp3) is 0.909. The molecule has 0 bridgehead atoms. The highest BCUT2D eigenvalue weighted by Crippen LogP contribution is 2.22. The molecule has 3 heteroatoms. The molecule has 1 aliphatic heterocycles. The first-order valence-corrected chi connectivity index (χ1v) is 5.85. The second kappa shape index (κ2) is 4.58. The highest BCUT2D eigenvalue weighted by Gasteiger charge is 2.26. The van der Waals surface area contributed by atoms with Crippen molar-refractivity contribution >= 4 is 17.2 Å². The Morgan fingerprint density at radius 2 is 2.21 bits per heavy atom. The summed E-state index contributed by atoms with van der Waals surface area (Å²) in [5.74, 6) is 0.825. The fourth-order valence-electron chi connectivity index (χ4n) is 2.07. The first-order chi connectivity index (χ1) is 6.42. The summed E-state index contributed by atoms with van der Waals surface area (Å²) < 4.78 is 0. The lowest BCUT2D eigenvalue weighted by Gasteiger charge is -2.36. The monoisotopic (exact) mass is 214 g/mol. The van der Waals surface area contributed by atoms with E-state index in [4.69, 9.17) is 18.0 Å². The van der Waals surface area contributed by atoms with Gasteiger partial charge in [0.2, 0.25) is 0 Å². The van der Waals surface area contributed by atoms with Gasteiger partial charge in [0.1, 0.15) is 0 Å². The second-order valence-corrected chi connectivity index (χ2v) is 5.67. The molecule has 2 nitrogen and oxygen atoms in total. The van der Waals surface area contributed by atoms with E-state index in [0.717, 1.165) is 12.5 Å². The van der Waals surface area contributed by atoms with Crippen LogP contribution in [0.2, 0.25) is 0 Å². The lowest BCUT2D eigenvalue weighted by molar-refractivity contribution is 0.152. The van der Waals surface area contributed by atoms with Crippen molar-refractivity contribution in [3.05, 3.63) is 0 Å². The zero-order chi connectivity index (χ0) is 10.8. The molecule has 14 heavy (non-hydrogen) atoms. The molecule has 1 heterocycles. The Labute approximate surface area is 92.8 Å². The first kappa shape index (κ1) is 11.9. The number of rotatable bonds is 3. The van der Waals surface area contributed by atoms with Crippen LogP contribution in [0.4, 0.5) is 0 Å². The second-order valence-electron chi connectivity index (χ2n) is 5.23. The molecule has 82 valence electrons. The van der Waals surface area contributed by atoms with Gasteiger partial charge in [0.15, 0.2) is 0 Å². The van der Waals surface area contributed by atoms with E-state index in [-0.39, 0.29) is 5.41 Å². The number of nitrogens with zero attached hydrogens (tertiary/aromatic N) is 1. The minimum absolute atomic E-state index is 0.0214. The van der Waals surface area contributed by atoms with E-state index in [0.29, 0.717) is 4.99 Å². The molecule has 1 saturated heterocycles. The number of likely N-dealkylation sites (tertiary alicyclic amines) is 1. The van der Waals surface area contributed by atoms with E-state index in [1.807, 2.05) is 0 Å². The quantitative estimate of drug-likeness (QED) is 0.729. The van der Waals surface area contributed by atoms with Crippen molar-refractivity contribution in [1.29, 1.82) is 0 Å². The Balaban J connectivity index is 2.47. The molecular formula is C11H22N2S. The Kier molecular flexibility index (Phi) is 3.90. The van der Waals surface area contributed by atoms with Crippen molar-refractivity contribution in [2.75, 3.05) is 19.6 Å². The number of thiocarbonyl (C=S) groups is 1. The van der Waals surface area contributed by atoms with Gasteiger partial charge in [-0.25, -0.2) is 0 Å². The van der Waals surface area contributed by atoms with Crippen molar-refractivity contribution in [3.63, 3.8) is 0 Å². The lowest BCUT2D eigenvalue weighted by atomic mass is 9.90. The average Bonchev–Trinajstić information content (AvgIpc) is 2.02. The van der Waals surface area contributed by atoms with Gasteiger partial charge in [-0.15, -0.1) is 0 Å². The summed E-state index contributed by atoms with van der Waals surface area (Å²) in [6.45, 7) is 10.00. The van der Waals surface area contributed by atoms with Crippen molar-refractivity contribution in [2.24, 2.45) is 17.1 Å². The molecule has 0 radical (unpaired) electrons. The van der Waals surface area contributed by atoms with E-state index < -0.39 is 0 Å². The third kappa shape index (κ3) is 3.21.